The Morgan fingerprint density at radius 2 is 1.85 bits per heavy atom. The Morgan fingerprint density at radius 1 is 1.12 bits per heavy atom. The Balaban J connectivity index is 1.36. The molecule has 3 aromatic rings. The lowest BCUT2D eigenvalue weighted by Crippen LogP contribution is -2.27. The first-order valence-corrected chi connectivity index (χ1v) is 12.0. The van der Waals surface area contributed by atoms with Gasteiger partial charge in [0.1, 0.15) is 5.75 Å². The molecule has 8 heteroatoms. The molecule has 166 valence electrons. The van der Waals surface area contributed by atoms with E-state index in [1.807, 2.05) is 67.6 Å². The van der Waals surface area contributed by atoms with Gasteiger partial charge in [-0.1, -0.05) is 70.2 Å². The van der Waals surface area contributed by atoms with E-state index in [0.717, 1.165) is 21.3 Å². The number of thiocarbonyl (C=S) groups is 1. The molecule has 1 aliphatic heterocycles. The van der Waals surface area contributed by atoms with Gasteiger partial charge in [-0.15, -0.1) is 0 Å². The van der Waals surface area contributed by atoms with Gasteiger partial charge in [-0.2, -0.15) is 0 Å². The molecule has 0 bridgehead atoms. The second kappa shape index (κ2) is 10.3. The van der Waals surface area contributed by atoms with Crippen LogP contribution in [0.2, 0.25) is 0 Å². The van der Waals surface area contributed by atoms with E-state index in [4.69, 9.17) is 17.0 Å². The minimum Gasteiger partial charge on any atom is -0.484 e. The van der Waals surface area contributed by atoms with Crippen LogP contribution in [-0.4, -0.2) is 22.7 Å². The van der Waals surface area contributed by atoms with Crippen LogP contribution >= 0.6 is 39.9 Å². The lowest BCUT2D eigenvalue weighted by atomic mass is 10.2. The van der Waals surface area contributed by atoms with E-state index in [1.54, 1.807) is 18.2 Å². The first kappa shape index (κ1) is 23.2. The zero-order chi connectivity index (χ0) is 23.4. The number of aryl methyl sites for hydroxylation is 1. The van der Waals surface area contributed by atoms with Crippen LogP contribution in [0.1, 0.15) is 11.1 Å². The van der Waals surface area contributed by atoms with Gasteiger partial charge in [0.25, 0.3) is 11.8 Å². The molecule has 0 unspecified atom stereocenters. The first-order valence-electron chi connectivity index (χ1n) is 10.0. The van der Waals surface area contributed by atoms with E-state index in [9.17, 15) is 9.59 Å². The lowest BCUT2D eigenvalue weighted by Gasteiger charge is -2.13. The van der Waals surface area contributed by atoms with Crippen molar-refractivity contribution in [3.63, 3.8) is 0 Å². The predicted octanol–water partition coefficient (Wildman–Crippen LogP) is 6.18. The zero-order valence-electron chi connectivity index (χ0n) is 17.6. The number of ether oxygens (including phenoxy) is 1. The molecule has 1 fully saturated rings. The molecule has 1 saturated heterocycles. The number of amides is 2. The summed E-state index contributed by atoms with van der Waals surface area (Å²) >= 11 is 10.1. The molecular weight excluding hydrogens is 520 g/mol. The lowest BCUT2D eigenvalue weighted by molar-refractivity contribution is -0.118. The molecule has 1 N–H and O–H groups in total. The van der Waals surface area contributed by atoms with Crippen LogP contribution < -0.4 is 15.0 Å². The fourth-order valence-electron chi connectivity index (χ4n) is 3.15. The molecule has 0 aromatic heterocycles. The normalized spacial score (nSPS) is 14.6. The van der Waals surface area contributed by atoms with Crippen LogP contribution in [0.5, 0.6) is 5.75 Å². The number of anilines is 2. The summed E-state index contributed by atoms with van der Waals surface area (Å²) in [6.45, 7) is 1.85. The zero-order valence-corrected chi connectivity index (χ0v) is 20.8. The van der Waals surface area contributed by atoms with Gasteiger partial charge in [-0.3, -0.25) is 14.5 Å². The van der Waals surface area contributed by atoms with Gasteiger partial charge in [-0.05, 0) is 66.6 Å². The number of hydrogen-bond acceptors (Lipinski definition) is 5. The van der Waals surface area contributed by atoms with Gasteiger partial charge in [0.15, 0.2) is 10.9 Å². The molecule has 0 spiro atoms. The topological polar surface area (TPSA) is 58.6 Å². The Morgan fingerprint density at radius 3 is 2.55 bits per heavy atom. The van der Waals surface area contributed by atoms with Crippen LogP contribution in [0.15, 0.2) is 82.2 Å². The fraction of sp³-hybridized carbons (Fsp3) is 0.0800. The number of rotatable bonds is 6. The smallest absolute Gasteiger partial charge is 0.270 e. The van der Waals surface area contributed by atoms with Gasteiger partial charge in [0, 0.05) is 10.2 Å². The van der Waals surface area contributed by atoms with Gasteiger partial charge in [0.05, 0.1) is 10.6 Å². The van der Waals surface area contributed by atoms with Crippen molar-refractivity contribution in [1.82, 2.24) is 0 Å². The van der Waals surface area contributed by atoms with Gasteiger partial charge in [-0.25, -0.2) is 0 Å². The maximum absolute atomic E-state index is 12.8. The fourth-order valence-corrected chi connectivity index (χ4v) is 4.69. The minimum absolute atomic E-state index is 0.107. The first-order chi connectivity index (χ1) is 15.9. The molecule has 3 aromatic carbocycles. The molecule has 5 nitrogen and oxygen atoms in total. The summed E-state index contributed by atoms with van der Waals surface area (Å²) in [5.41, 5.74) is 3.34. The highest BCUT2D eigenvalue weighted by Crippen LogP contribution is 2.36. The number of nitrogens with one attached hydrogen (secondary N) is 1. The molecule has 2 amide bonds. The van der Waals surface area contributed by atoms with Crippen LogP contribution in [0, 0.1) is 6.92 Å². The average molecular weight is 539 g/mol. The molecule has 1 heterocycles. The number of halogens is 1. The molecule has 4 rings (SSSR count). The molecule has 0 saturated carbocycles. The Labute approximate surface area is 210 Å². The predicted molar refractivity (Wildman–Crippen MR) is 142 cm³/mol. The summed E-state index contributed by atoms with van der Waals surface area (Å²) in [5, 5.41) is 2.82. The molecule has 0 aliphatic carbocycles. The summed E-state index contributed by atoms with van der Waals surface area (Å²) in [7, 11) is 0. The molecule has 33 heavy (non-hydrogen) atoms. The SMILES string of the molecule is Cc1cc(NC(=O)COc2ccc(/C=C3\SC(=S)N(c4ccccc4)C3=O)cc2)ccc1Br. The Hall–Kier alpha value is -2.94. The highest BCUT2D eigenvalue weighted by molar-refractivity contribution is 9.10. The minimum atomic E-state index is -0.245. The number of hydrogen-bond donors (Lipinski definition) is 1. The number of thioether (sulfide) groups is 1. The van der Waals surface area contributed by atoms with E-state index < -0.39 is 0 Å². The maximum Gasteiger partial charge on any atom is 0.270 e. The molecule has 0 radical (unpaired) electrons. The van der Waals surface area contributed by atoms with Crippen LogP contribution in [-0.2, 0) is 9.59 Å². The van der Waals surface area contributed by atoms with Gasteiger partial charge in [0.2, 0.25) is 0 Å². The summed E-state index contributed by atoms with van der Waals surface area (Å²) < 4.78 is 7.08. The molecule has 1 aliphatic rings. The van der Waals surface area contributed by atoms with Crippen LogP contribution in [0.25, 0.3) is 6.08 Å². The molecular formula is C25H19BrN2O3S2. The highest BCUT2D eigenvalue weighted by atomic mass is 79.9. The number of para-hydroxylation sites is 1. The maximum atomic E-state index is 12.8. The van der Waals surface area contributed by atoms with Gasteiger partial charge < -0.3 is 10.1 Å². The van der Waals surface area contributed by atoms with Crippen molar-refractivity contribution in [2.24, 2.45) is 0 Å². The van der Waals surface area contributed by atoms with Gasteiger partial charge >= 0.3 is 0 Å². The Bertz CT molecular complexity index is 1240. The van der Waals surface area contributed by atoms with Crippen LogP contribution in [0.3, 0.4) is 0 Å². The average Bonchev–Trinajstić information content (AvgIpc) is 3.09. The van der Waals surface area contributed by atoms with E-state index in [2.05, 4.69) is 21.2 Å². The summed E-state index contributed by atoms with van der Waals surface area (Å²) in [5.74, 6) is 0.174. The number of nitrogens with zero attached hydrogens (tertiary/aromatic N) is 1. The second-order valence-corrected chi connectivity index (χ2v) is 9.75. The number of carbonyl (C=O) groups is 2. The number of benzene rings is 3. The van der Waals surface area contributed by atoms with E-state index in [0.29, 0.717) is 20.7 Å². The largest absolute Gasteiger partial charge is 0.484 e. The number of carbonyl (C=O) groups excluding carboxylic acids is 2. The second-order valence-electron chi connectivity index (χ2n) is 7.22. The summed E-state index contributed by atoms with van der Waals surface area (Å²) in [4.78, 5) is 27.1. The van der Waals surface area contributed by atoms with Crippen molar-refractivity contribution < 1.29 is 14.3 Å². The van der Waals surface area contributed by atoms with Crippen molar-refractivity contribution >= 4 is 73.5 Å². The highest BCUT2D eigenvalue weighted by Gasteiger charge is 2.33. The summed E-state index contributed by atoms with van der Waals surface area (Å²) in [6, 6.07) is 22.1. The summed E-state index contributed by atoms with van der Waals surface area (Å²) in [6.07, 6.45) is 1.80. The molecule has 0 atom stereocenters. The van der Waals surface area contributed by atoms with E-state index in [-0.39, 0.29) is 18.4 Å². The van der Waals surface area contributed by atoms with E-state index in [1.165, 1.54) is 16.7 Å². The monoisotopic (exact) mass is 538 g/mol. The van der Waals surface area contributed by atoms with Crippen molar-refractivity contribution in [1.29, 1.82) is 0 Å². The third kappa shape index (κ3) is 5.71. The third-order valence-electron chi connectivity index (χ3n) is 4.80. The third-order valence-corrected chi connectivity index (χ3v) is 6.99. The van der Waals surface area contributed by atoms with Crippen molar-refractivity contribution in [3.8, 4) is 5.75 Å². The van der Waals surface area contributed by atoms with Crippen molar-refractivity contribution in [2.45, 2.75) is 6.92 Å². The standard InChI is InChI=1S/C25H19BrN2O3S2/c1-16-13-18(9-12-21(16)26)27-23(29)15-31-20-10-7-17(8-11-20)14-22-24(30)28(25(32)33-22)19-5-3-2-4-6-19/h2-14H,15H2,1H3,(H,27,29)/b22-14-. The van der Waals surface area contributed by atoms with Crippen molar-refractivity contribution in [3.05, 3.63) is 93.3 Å². The van der Waals surface area contributed by atoms with E-state index >= 15 is 0 Å². The Kier molecular flexibility index (Phi) is 7.27. The van der Waals surface area contributed by atoms with Crippen LogP contribution in [0.4, 0.5) is 11.4 Å². The quantitative estimate of drug-likeness (QED) is 0.300. The van der Waals surface area contributed by atoms with Crippen molar-refractivity contribution in [2.75, 3.05) is 16.8 Å².